The third-order valence-corrected chi connectivity index (χ3v) is 4.50. The third-order valence-electron chi connectivity index (χ3n) is 3.88. The van der Waals surface area contributed by atoms with Gasteiger partial charge in [0.05, 0.1) is 11.6 Å². The highest BCUT2D eigenvalue weighted by Gasteiger charge is 2.18. The number of ketones is 1. The molecule has 0 aromatic heterocycles. The van der Waals surface area contributed by atoms with Crippen molar-refractivity contribution in [1.29, 1.82) is 0 Å². The highest BCUT2D eigenvalue weighted by molar-refractivity contribution is 9.10. The second-order valence-corrected chi connectivity index (χ2v) is 5.97. The van der Waals surface area contributed by atoms with Crippen LogP contribution in [0.2, 0.25) is 0 Å². The average molecular weight is 331 g/mol. The number of benzene rings is 2. The van der Waals surface area contributed by atoms with Gasteiger partial charge >= 0.3 is 0 Å². The minimum absolute atomic E-state index is 0.0700. The van der Waals surface area contributed by atoms with Crippen molar-refractivity contribution in [2.75, 3.05) is 7.11 Å². The lowest BCUT2D eigenvalue weighted by Gasteiger charge is -2.19. The number of aryl methyl sites for hydroxylation is 3. The summed E-state index contributed by atoms with van der Waals surface area (Å²) in [6.45, 7) is 1.93. The molecule has 2 aromatic rings. The number of rotatable bonds is 3. The Labute approximate surface area is 126 Å². The normalized spacial score (nSPS) is 12.6. The van der Waals surface area contributed by atoms with Gasteiger partial charge in [0.15, 0.2) is 5.78 Å². The van der Waals surface area contributed by atoms with Gasteiger partial charge in [-0.15, -0.1) is 0 Å². The lowest BCUT2D eigenvalue weighted by molar-refractivity contribution is 0.103. The molecule has 0 saturated carbocycles. The molecule has 2 aromatic carbocycles. The zero-order valence-corrected chi connectivity index (χ0v) is 13.1. The maximum Gasteiger partial charge on any atom is 0.193 e. The van der Waals surface area contributed by atoms with Crippen LogP contribution in [0.25, 0.3) is 0 Å². The van der Waals surface area contributed by atoms with Gasteiger partial charge in [0.1, 0.15) is 5.75 Å². The fourth-order valence-corrected chi connectivity index (χ4v) is 3.05. The number of hydrogen-bond acceptors (Lipinski definition) is 2. The molecule has 102 valence electrons. The Balaban J connectivity index is 2.01. The first-order valence-electron chi connectivity index (χ1n) is 6.61. The molecule has 0 unspecified atom stereocenters. The van der Waals surface area contributed by atoms with Crippen LogP contribution in [-0.2, 0) is 12.8 Å². The molecule has 0 radical (unpaired) electrons. The zero-order valence-electron chi connectivity index (χ0n) is 11.5. The molecule has 1 aliphatic carbocycles. The molecule has 0 fully saturated rings. The van der Waals surface area contributed by atoms with Crippen molar-refractivity contribution in [2.45, 2.75) is 19.8 Å². The van der Waals surface area contributed by atoms with Gasteiger partial charge in [-0.25, -0.2) is 0 Å². The number of ether oxygens (including phenoxy) is 1. The molecule has 0 spiro atoms. The van der Waals surface area contributed by atoms with Crippen molar-refractivity contribution in [3.8, 4) is 5.75 Å². The fourth-order valence-electron chi connectivity index (χ4n) is 2.55. The van der Waals surface area contributed by atoms with Gasteiger partial charge in [-0.3, -0.25) is 4.79 Å². The number of methoxy groups -OCH3 is 1. The van der Waals surface area contributed by atoms with Crippen molar-refractivity contribution < 1.29 is 9.53 Å². The number of hydrogen-bond donors (Lipinski definition) is 0. The van der Waals surface area contributed by atoms with Crippen LogP contribution in [0.3, 0.4) is 0 Å². The van der Waals surface area contributed by atoms with Crippen LogP contribution in [0.4, 0.5) is 0 Å². The van der Waals surface area contributed by atoms with Gasteiger partial charge in [0.25, 0.3) is 0 Å². The van der Waals surface area contributed by atoms with E-state index in [0.717, 1.165) is 39.8 Å². The lowest BCUT2D eigenvalue weighted by atomic mass is 9.85. The molecule has 2 nitrogen and oxygen atoms in total. The minimum atomic E-state index is 0.0700. The number of carbonyl (C=O) groups is 1. The summed E-state index contributed by atoms with van der Waals surface area (Å²) in [5, 5.41) is 0. The Kier molecular flexibility index (Phi) is 3.38. The first-order valence-corrected chi connectivity index (χ1v) is 7.40. The second kappa shape index (κ2) is 5.06. The van der Waals surface area contributed by atoms with Gasteiger partial charge in [0.2, 0.25) is 0 Å². The Bertz CT molecular complexity index is 704. The van der Waals surface area contributed by atoms with E-state index < -0.39 is 0 Å². The van der Waals surface area contributed by atoms with E-state index in [2.05, 4.69) is 22.0 Å². The minimum Gasteiger partial charge on any atom is -0.496 e. The van der Waals surface area contributed by atoms with E-state index >= 15 is 0 Å². The fraction of sp³-hybridized carbons (Fsp3) is 0.235. The van der Waals surface area contributed by atoms with Crippen LogP contribution < -0.4 is 4.74 Å². The van der Waals surface area contributed by atoms with Gasteiger partial charge in [-0.1, -0.05) is 12.1 Å². The van der Waals surface area contributed by atoms with Crippen molar-refractivity contribution >= 4 is 21.7 Å². The smallest absolute Gasteiger partial charge is 0.193 e. The van der Waals surface area contributed by atoms with E-state index in [1.165, 1.54) is 11.1 Å². The molecule has 0 atom stereocenters. The van der Waals surface area contributed by atoms with Crippen LogP contribution in [0.1, 0.15) is 32.6 Å². The molecule has 0 aliphatic heterocycles. The maximum atomic E-state index is 12.6. The molecule has 0 heterocycles. The van der Waals surface area contributed by atoms with Crippen LogP contribution in [-0.4, -0.2) is 12.9 Å². The molecule has 0 bridgehead atoms. The average Bonchev–Trinajstić information content (AvgIpc) is 2.41. The predicted molar refractivity (Wildman–Crippen MR) is 82.7 cm³/mol. The van der Waals surface area contributed by atoms with Crippen molar-refractivity contribution in [2.24, 2.45) is 0 Å². The molecule has 1 aliphatic rings. The zero-order chi connectivity index (χ0) is 14.3. The topological polar surface area (TPSA) is 26.3 Å². The maximum absolute atomic E-state index is 12.6. The van der Waals surface area contributed by atoms with Crippen LogP contribution in [0.5, 0.6) is 5.75 Å². The van der Waals surface area contributed by atoms with Gasteiger partial charge < -0.3 is 4.74 Å². The summed E-state index contributed by atoms with van der Waals surface area (Å²) < 4.78 is 6.06. The Morgan fingerprint density at radius 3 is 2.50 bits per heavy atom. The van der Waals surface area contributed by atoms with E-state index in [0.29, 0.717) is 0 Å². The standard InChI is InChI=1S/C17H15BrO2/c1-10-7-16(20-2)15(18)9-14(10)17(19)13-6-4-11-3-5-12(11)8-13/h4,6-9H,3,5H2,1-2H3. The summed E-state index contributed by atoms with van der Waals surface area (Å²) in [5.74, 6) is 0.816. The summed E-state index contributed by atoms with van der Waals surface area (Å²) in [7, 11) is 1.62. The summed E-state index contributed by atoms with van der Waals surface area (Å²) in [4.78, 5) is 12.6. The third kappa shape index (κ3) is 2.16. The first-order chi connectivity index (χ1) is 9.60. The van der Waals surface area contributed by atoms with E-state index in [4.69, 9.17) is 4.74 Å². The Morgan fingerprint density at radius 2 is 1.90 bits per heavy atom. The van der Waals surface area contributed by atoms with Gasteiger partial charge in [-0.2, -0.15) is 0 Å². The highest BCUT2D eigenvalue weighted by Crippen LogP contribution is 2.30. The molecule has 0 amide bonds. The molecule has 20 heavy (non-hydrogen) atoms. The monoisotopic (exact) mass is 330 g/mol. The van der Waals surface area contributed by atoms with Crippen LogP contribution in [0.15, 0.2) is 34.8 Å². The Hall–Kier alpha value is -1.61. The molecule has 3 rings (SSSR count). The van der Waals surface area contributed by atoms with Crippen molar-refractivity contribution in [3.05, 3.63) is 62.6 Å². The summed E-state index contributed by atoms with van der Waals surface area (Å²) in [6.07, 6.45) is 2.22. The predicted octanol–water partition coefficient (Wildman–Crippen LogP) is 4.10. The van der Waals surface area contributed by atoms with Crippen molar-refractivity contribution in [1.82, 2.24) is 0 Å². The van der Waals surface area contributed by atoms with E-state index in [1.54, 1.807) is 7.11 Å². The Morgan fingerprint density at radius 1 is 1.15 bits per heavy atom. The lowest BCUT2D eigenvalue weighted by Crippen LogP contribution is -2.11. The first kappa shape index (κ1) is 13.4. The molecular formula is C17H15BrO2. The number of carbonyl (C=O) groups excluding carboxylic acids is 1. The summed E-state index contributed by atoms with van der Waals surface area (Å²) in [5.41, 5.74) is 5.09. The molecule has 3 heteroatoms. The highest BCUT2D eigenvalue weighted by atomic mass is 79.9. The molecule has 0 N–H and O–H groups in total. The van der Waals surface area contributed by atoms with Crippen molar-refractivity contribution in [3.63, 3.8) is 0 Å². The second-order valence-electron chi connectivity index (χ2n) is 5.11. The van der Waals surface area contributed by atoms with E-state index in [1.807, 2.05) is 31.2 Å². The molecular weight excluding hydrogens is 316 g/mol. The van der Waals surface area contributed by atoms with Crippen LogP contribution >= 0.6 is 15.9 Å². The quantitative estimate of drug-likeness (QED) is 0.792. The van der Waals surface area contributed by atoms with Gasteiger partial charge in [0, 0.05) is 11.1 Å². The summed E-state index contributed by atoms with van der Waals surface area (Å²) in [6, 6.07) is 9.75. The largest absolute Gasteiger partial charge is 0.496 e. The van der Waals surface area contributed by atoms with E-state index in [-0.39, 0.29) is 5.78 Å². The van der Waals surface area contributed by atoms with Gasteiger partial charge in [-0.05, 0) is 70.6 Å². The number of fused-ring (bicyclic) bond motifs is 1. The SMILES string of the molecule is COc1cc(C)c(C(=O)c2ccc3c(c2)CC3)cc1Br. The number of halogens is 1. The molecule has 0 saturated heterocycles. The van der Waals surface area contributed by atoms with Crippen LogP contribution in [0, 0.1) is 6.92 Å². The summed E-state index contributed by atoms with van der Waals surface area (Å²) >= 11 is 3.44. The van der Waals surface area contributed by atoms with E-state index in [9.17, 15) is 4.79 Å².